The maximum Gasteiger partial charge on any atom is 0.460 e. The topological polar surface area (TPSA) is 23.8 Å². The molecule has 0 rings (SSSR count). The quantitative estimate of drug-likeness (QED) is 0.571. The van der Waals surface area contributed by atoms with Crippen LogP contribution in [-0.4, -0.2) is 42.3 Å². The Morgan fingerprint density at radius 1 is 0.522 bits per heavy atom. The number of hydrogen-bond donors (Lipinski definition) is 0. The van der Waals surface area contributed by atoms with Crippen LogP contribution in [0.3, 0.4) is 0 Å². The first-order chi connectivity index (χ1) is 9.81. The normalized spacial score (nSPS) is 15.9. The first-order valence-electron chi connectivity index (χ1n) is 5.41. The molecule has 0 unspecified atom stereocenters. The van der Waals surface area contributed by atoms with E-state index in [2.05, 4.69) is 0 Å². The summed E-state index contributed by atoms with van der Waals surface area (Å²) in [6.07, 6.45) is -10.9. The van der Waals surface area contributed by atoms with Crippen LogP contribution in [0.25, 0.3) is 0 Å². The molecule has 0 heterocycles. The highest BCUT2D eigenvalue weighted by atomic mass is 19.4. The zero-order chi connectivity index (χ0) is 19.1. The second-order valence-electron chi connectivity index (χ2n) is 4.35. The zero-order valence-electron chi connectivity index (χ0n) is 10.5. The fraction of sp³-hybridized carbons (Fsp3) is 1.00. The molecule has 1 N–H and O–H groups in total. The fourth-order valence-electron chi connectivity index (χ4n) is 1.27. The van der Waals surface area contributed by atoms with E-state index in [0.29, 0.717) is 0 Å². The van der Waals surface area contributed by atoms with Gasteiger partial charge in [-0.05, 0) is 6.42 Å². The average Bonchev–Trinajstić information content (AvgIpc) is 2.34. The molecule has 0 amide bonds. The maximum absolute atomic E-state index is 13.0. The van der Waals surface area contributed by atoms with Crippen molar-refractivity contribution < 1.29 is 57.1 Å². The third-order valence-corrected chi connectivity index (χ3v) is 2.67. The second-order valence-corrected chi connectivity index (χ2v) is 4.35. The number of alkyl halides is 13. The van der Waals surface area contributed by atoms with Crippen LogP contribution in [0.15, 0.2) is 0 Å². The first kappa shape index (κ1) is 22.1. The standard InChI is InChI=1S/C9H7F13N/c10-4(11,2-1-3-23)5(12,13)6(14,15)7(16,17)8(18,19)9(20,21)22/h23H,1-3H2. The van der Waals surface area contributed by atoms with Crippen LogP contribution >= 0.6 is 0 Å². The molecule has 0 aromatic heterocycles. The lowest BCUT2D eigenvalue weighted by Crippen LogP contribution is -2.70. The van der Waals surface area contributed by atoms with Gasteiger partial charge in [0.2, 0.25) is 0 Å². The molecule has 0 saturated carbocycles. The summed E-state index contributed by atoms with van der Waals surface area (Å²) in [5.41, 5.74) is 6.36. The Labute approximate surface area is 119 Å². The van der Waals surface area contributed by atoms with Crippen molar-refractivity contribution in [3.63, 3.8) is 0 Å². The molecule has 0 fully saturated rings. The summed E-state index contributed by atoms with van der Waals surface area (Å²) in [7, 11) is 0. The summed E-state index contributed by atoms with van der Waals surface area (Å²) in [5.74, 6) is -36.6. The Bertz CT molecular complexity index is 410. The Hall–Kier alpha value is -0.950. The van der Waals surface area contributed by atoms with Crippen LogP contribution in [0.4, 0.5) is 57.1 Å². The molecule has 1 nitrogen and oxygen atoms in total. The predicted molar refractivity (Wildman–Crippen MR) is 48.0 cm³/mol. The summed E-state index contributed by atoms with van der Waals surface area (Å²) >= 11 is 0. The minimum Gasteiger partial charge on any atom is -0.258 e. The highest BCUT2D eigenvalue weighted by molar-refractivity contribution is 5.10. The van der Waals surface area contributed by atoms with E-state index < -0.39 is 55.2 Å². The molecule has 14 heteroatoms. The monoisotopic (exact) mass is 376 g/mol. The molecule has 0 aromatic carbocycles. The van der Waals surface area contributed by atoms with Gasteiger partial charge in [-0.25, -0.2) is 0 Å². The second kappa shape index (κ2) is 5.84. The Kier molecular flexibility index (Phi) is 5.60. The molecular weight excluding hydrogens is 369 g/mol. The van der Waals surface area contributed by atoms with Crippen molar-refractivity contribution in [3.05, 3.63) is 0 Å². The van der Waals surface area contributed by atoms with Crippen LogP contribution < -0.4 is 5.73 Å². The van der Waals surface area contributed by atoms with Crippen molar-refractivity contribution in [1.82, 2.24) is 5.73 Å². The molecule has 0 atom stereocenters. The van der Waals surface area contributed by atoms with Crippen LogP contribution in [0.2, 0.25) is 0 Å². The van der Waals surface area contributed by atoms with Gasteiger partial charge < -0.3 is 0 Å². The number of halogens is 13. The lowest BCUT2D eigenvalue weighted by Gasteiger charge is -2.39. The van der Waals surface area contributed by atoms with E-state index in [-0.39, 0.29) is 0 Å². The molecule has 0 aliphatic rings. The third-order valence-electron chi connectivity index (χ3n) is 2.67. The number of hydrogen-bond acceptors (Lipinski definition) is 0. The van der Waals surface area contributed by atoms with E-state index in [0.717, 1.165) is 0 Å². The lowest BCUT2D eigenvalue weighted by molar-refractivity contribution is -0.440. The van der Waals surface area contributed by atoms with Crippen molar-refractivity contribution in [2.75, 3.05) is 6.54 Å². The molecule has 0 saturated heterocycles. The number of rotatable bonds is 7. The Morgan fingerprint density at radius 3 is 1.17 bits per heavy atom. The summed E-state index contributed by atoms with van der Waals surface area (Å²) in [5, 5.41) is 0. The molecule has 0 bridgehead atoms. The van der Waals surface area contributed by atoms with Gasteiger partial charge in [0.1, 0.15) is 0 Å². The molecule has 0 aliphatic heterocycles. The van der Waals surface area contributed by atoms with Gasteiger partial charge in [0.25, 0.3) is 0 Å². The van der Waals surface area contributed by atoms with Crippen LogP contribution in [-0.2, 0) is 0 Å². The Morgan fingerprint density at radius 2 is 0.870 bits per heavy atom. The summed E-state index contributed by atoms with van der Waals surface area (Å²) in [6, 6.07) is 0. The van der Waals surface area contributed by atoms with E-state index >= 15 is 0 Å². The summed E-state index contributed by atoms with van der Waals surface area (Å²) in [4.78, 5) is 0. The van der Waals surface area contributed by atoms with Crippen molar-refractivity contribution >= 4 is 0 Å². The highest BCUT2D eigenvalue weighted by Gasteiger charge is 2.90. The van der Waals surface area contributed by atoms with Crippen LogP contribution in [0.1, 0.15) is 12.8 Å². The van der Waals surface area contributed by atoms with Gasteiger partial charge in [0.05, 0.1) is 0 Å². The highest BCUT2D eigenvalue weighted by Crippen LogP contribution is 2.60. The molecule has 23 heavy (non-hydrogen) atoms. The van der Waals surface area contributed by atoms with E-state index in [1.807, 2.05) is 0 Å². The molecule has 1 radical (unpaired) electrons. The van der Waals surface area contributed by atoms with Crippen molar-refractivity contribution in [1.29, 1.82) is 0 Å². The SMILES string of the molecule is [NH]CCCC(F)(F)C(F)(F)C(F)(F)C(F)(F)C(F)(F)C(F)(F)F. The van der Waals surface area contributed by atoms with Crippen molar-refractivity contribution in [2.45, 2.75) is 48.6 Å². The molecule has 0 spiro atoms. The Balaban J connectivity index is 6.03. The van der Waals surface area contributed by atoms with Gasteiger partial charge in [-0.1, -0.05) is 0 Å². The van der Waals surface area contributed by atoms with E-state index in [4.69, 9.17) is 5.73 Å². The van der Waals surface area contributed by atoms with Gasteiger partial charge in [-0.2, -0.15) is 57.1 Å². The lowest BCUT2D eigenvalue weighted by atomic mass is 9.92. The van der Waals surface area contributed by atoms with Gasteiger partial charge in [-0.15, -0.1) is 0 Å². The average molecular weight is 376 g/mol. The van der Waals surface area contributed by atoms with E-state index in [9.17, 15) is 57.1 Å². The predicted octanol–water partition coefficient (Wildman–Crippen LogP) is 4.79. The maximum atomic E-state index is 13.0. The van der Waals surface area contributed by atoms with Gasteiger partial charge in [0, 0.05) is 13.0 Å². The van der Waals surface area contributed by atoms with Crippen LogP contribution in [0.5, 0.6) is 0 Å². The molecular formula is C9H7F13N. The largest absolute Gasteiger partial charge is 0.460 e. The number of nitrogens with one attached hydrogen (secondary N) is 1. The van der Waals surface area contributed by atoms with Crippen molar-refractivity contribution in [3.8, 4) is 0 Å². The summed E-state index contributed by atoms with van der Waals surface area (Å²) in [6.45, 7) is -1.04. The fourth-order valence-corrected chi connectivity index (χ4v) is 1.27. The minimum absolute atomic E-state index is 1.04. The zero-order valence-corrected chi connectivity index (χ0v) is 10.5. The molecule has 0 aromatic rings. The van der Waals surface area contributed by atoms with Crippen LogP contribution in [0, 0.1) is 0 Å². The van der Waals surface area contributed by atoms with E-state index in [1.165, 1.54) is 0 Å². The van der Waals surface area contributed by atoms with Gasteiger partial charge >= 0.3 is 35.8 Å². The van der Waals surface area contributed by atoms with E-state index in [1.54, 1.807) is 0 Å². The third kappa shape index (κ3) is 3.18. The molecule has 0 aliphatic carbocycles. The minimum atomic E-state index is -7.86. The first-order valence-corrected chi connectivity index (χ1v) is 5.41. The van der Waals surface area contributed by atoms with Crippen molar-refractivity contribution in [2.24, 2.45) is 0 Å². The van der Waals surface area contributed by atoms with Gasteiger partial charge in [-0.3, -0.25) is 5.73 Å². The van der Waals surface area contributed by atoms with Gasteiger partial charge in [0.15, 0.2) is 0 Å². The summed E-state index contributed by atoms with van der Waals surface area (Å²) < 4.78 is 163. The molecule has 139 valence electrons. The smallest absolute Gasteiger partial charge is 0.258 e.